The molecule has 0 N–H and O–H groups in total. The SMILES string of the molecule is COS(=O)(=O)OS1(c2ccccc2)C(I)=C(I)c2ccccc21. The Balaban J connectivity index is 2.35. The van der Waals surface area contributed by atoms with Crippen LogP contribution in [-0.4, -0.2) is 15.5 Å². The van der Waals surface area contributed by atoms with E-state index in [0.29, 0.717) is 0 Å². The lowest BCUT2D eigenvalue weighted by Crippen LogP contribution is -2.13. The van der Waals surface area contributed by atoms with Gasteiger partial charge in [-0.15, -0.1) is 0 Å². The summed E-state index contributed by atoms with van der Waals surface area (Å²) in [5.41, 5.74) is 1.00. The Morgan fingerprint density at radius 2 is 1.57 bits per heavy atom. The molecule has 4 nitrogen and oxygen atoms in total. The van der Waals surface area contributed by atoms with Gasteiger partial charge in [0.1, 0.15) is 0 Å². The van der Waals surface area contributed by atoms with E-state index in [1.165, 1.54) is 0 Å². The summed E-state index contributed by atoms with van der Waals surface area (Å²) in [6.45, 7) is 0. The zero-order valence-corrected chi connectivity index (χ0v) is 17.8. The highest BCUT2D eigenvalue weighted by atomic mass is 127. The van der Waals surface area contributed by atoms with E-state index in [9.17, 15) is 8.42 Å². The van der Waals surface area contributed by atoms with Crippen molar-refractivity contribution >= 4 is 69.5 Å². The summed E-state index contributed by atoms with van der Waals surface area (Å²) in [4.78, 5) is 1.70. The molecule has 1 aliphatic heterocycles. The highest BCUT2D eigenvalue weighted by molar-refractivity contribution is 14.1. The monoisotopic (exact) mass is 574 g/mol. The Morgan fingerprint density at radius 1 is 0.957 bits per heavy atom. The fourth-order valence-electron chi connectivity index (χ4n) is 2.33. The van der Waals surface area contributed by atoms with Gasteiger partial charge in [0, 0.05) is 18.9 Å². The lowest BCUT2D eigenvalue weighted by molar-refractivity contribution is 0.340. The minimum Gasteiger partial charge on any atom is -0.251 e. The summed E-state index contributed by atoms with van der Waals surface area (Å²) in [6.07, 6.45) is 0. The maximum absolute atomic E-state index is 12.1. The average Bonchev–Trinajstić information content (AvgIpc) is 2.79. The second kappa shape index (κ2) is 6.64. The second-order valence-electron chi connectivity index (χ2n) is 4.60. The number of rotatable bonds is 4. The fraction of sp³-hybridized carbons (Fsp3) is 0.0667. The lowest BCUT2D eigenvalue weighted by Gasteiger charge is -2.35. The molecular formula is C15H12I2O4S2. The van der Waals surface area contributed by atoms with E-state index in [2.05, 4.69) is 49.4 Å². The molecule has 0 bridgehead atoms. The van der Waals surface area contributed by atoms with Crippen LogP contribution in [0.5, 0.6) is 0 Å². The predicted octanol–water partition coefficient (Wildman–Crippen LogP) is 5.24. The Bertz CT molecular complexity index is 881. The number of halogens is 2. The summed E-state index contributed by atoms with van der Waals surface area (Å²) in [5.74, 6) is 0. The summed E-state index contributed by atoms with van der Waals surface area (Å²) in [7, 11) is -5.36. The zero-order valence-electron chi connectivity index (χ0n) is 11.9. The van der Waals surface area contributed by atoms with E-state index in [1.807, 2.05) is 54.6 Å². The summed E-state index contributed by atoms with van der Waals surface area (Å²) >= 11 is 4.43. The molecule has 0 aliphatic carbocycles. The molecule has 0 spiro atoms. The standard InChI is InChI=1S/C15H12I2O4S2/c1-20-23(18,19)21-22(11-7-3-2-4-8-11)13-10-6-5-9-12(13)14(16)15(22)17/h2-10H,1H3. The van der Waals surface area contributed by atoms with Crippen LogP contribution in [0, 0.1) is 0 Å². The predicted molar refractivity (Wildman–Crippen MR) is 109 cm³/mol. The third-order valence-corrected chi connectivity index (χ3v) is 12.8. The second-order valence-corrected chi connectivity index (χ2v) is 11.6. The van der Waals surface area contributed by atoms with Gasteiger partial charge >= 0.3 is 10.4 Å². The first-order valence-electron chi connectivity index (χ1n) is 6.47. The van der Waals surface area contributed by atoms with Crippen LogP contribution in [0.1, 0.15) is 5.56 Å². The van der Waals surface area contributed by atoms with Crippen LogP contribution < -0.4 is 0 Å². The first-order chi connectivity index (χ1) is 10.9. The van der Waals surface area contributed by atoms with Gasteiger partial charge in [0.05, 0.1) is 10.0 Å². The van der Waals surface area contributed by atoms with Crippen LogP contribution in [-0.2, 0) is 18.2 Å². The van der Waals surface area contributed by atoms with E-state index in [0.717, 1.165) is 29.0 Å². The van der Waals surface area contributed by atoms with E-state index in [4.69, 9.17) is 3.63 Å². The topological polar surface area (TPSA) is 52.6 Å². The van der Waals surface area contributed by atoms with Crippen molar-refractivity contribution in [2.75, 3.05) is 7.11 Å². The van der Waals surface area contributed by atoms with E-state index < -0.39 is 20.7 Å². The van der Waals surface area contributed by atoms with Crippen molar-refractivity contribution in [1.29, 1.82) is 0 Å². The van der Waals surface area contributed by atoms with Crippen LogP contribution in [0.15, 0.2) is 67.3 Å². The average molecular weight is 574 g/mol. The molecule has 0 saturated heterocycles. The highest BCUT2D eigenvalue weighted by Gasteiger charge is 2.45. The molecular weight excluding hydrogens is 562 g/mol. The molecule has 1 unspecified atom stereocenters. The van der Waals surface area contributed by atoms with Gasteiger partial charge < -0.3 is 0 Å². The summed E-state index contributed by atoms with van der Waals surface area (Å²) in [5, 5.41) is 0. The normalized spacial score (nSPS) is 23.4. The van der Waals surface area contributed by atoms with E-state index >= 15 is 0 Å². The highest BCUT2D eigenvalue weighted by Crippen LogP contribution is 2.78. The van der Waals surface area contributed by atoms with Crippen molar-refractivity contribution in [3.63, 3.8) is 0 Å². The molecule has 8 heteroatoms. The molecule has 0 fully saturated rings. The number of hydrogen-bond acceptors (Lipinski definition) is 4. The van der Waals surface area contributed by atoms with Gasteiger partial charge in [-0.05, 0) is 73.7 Å². The van der Waals surface area contributed by atoms with Gasteiger partial charge in [0.2, 0.25) is 0 Å². The maximum Gasteiger partial charge on any atom is 0.409 e. The van der Waals surface area contributed by atoms with Crippen molar-refractivity contribution < 1.29 is 16.2 Å². The lowest BCUT2D eigenvalue weighted by atomic mass is 10.2. The molecule has 2 aromatic carbocycles. The van der Waals surface area contributed by atoms with Crippen LogP contribution in [0.2, 0.25) is 0 Å². The van der Waals surface area contributed by atoms with Crippen molar-refractivity contribution in [3.05, 3.63) is 63.1 Å². The molecule has 0 radical (unpaired) electrons. The minimum atomic E-state index is -4.11. The van der Waals surface area contributed by atoms with Crippen molar-refractivity contribution in [2.24, 2.45) is 0 Å². The van der Waals surface area contributed by atoms with Gasteiger partial charge in [0.25, 0.3) is 0 Å². The minimum absolute atomic E-state index is 0.823. The van der Waals surface area contributed by atoms with Gasteiger partial charge in [-0.25, -0.2) is 0 Å². The van der Waals surface area contributed by atoms with Crippen LogP contribution in [0.4, 0.5) is 0 Å². The third kappa shape index (κ3) is 2.97. The Morgan fingerprint density at radius 3 is 2.22 bits per heavy atom. The number of hydrogen-bond donors (Lipinski definition) is 0. The molecule has 1 heterocycles. The van der Waals surface area contributed by atoms with E-state index in [1.54, 1.807) is 0 Å². The molecule has 2 aromatic rings. The zero-order chi connectivity index (χ0) is 16.7. The number of benzene rings is 2. The molecule has 1 atom stereocenters. The maximum atomic E-state index is 12.1. The summed E-state index contributed by atoms with van der Waals surface area (Å²) < 4.78 is 36.5. The Labute approximate surface area is 164 Å². The fourth-order valence-corrected chi connectivity index (χ4v) is 10.7. The van der Waals surface area contributed by atoms with Crippen molar-refractivity contribution in [3.8, 4) is 0 Å². The van der Waals surface area contributed by atoms with Gasteiger partial charge in [-0.3, -0.25) is 4.18 Å². The molecule has 3 rings (SSSR count). The number of fused-ring (bicyclic) bond motifs is 1. The van der Waals surface area contributed by atoms with Gasteiger partial charge in [-0.1, -0.05) is 36.4 Å². The molecule has 122 valence electrons. The van der Waals surface area contributed by atoms with Gasteiger partial charge in [-0.2, -0.15) is 12.0 Å². The Kier molecular flexibility index (Phi) is 5.10. The molecule has 0 amide bonds. The third-order valence-electron chi connectivity index (χ3n) is 3.32. The van der Waals surface area contributed by atoms with Gasteiger partial charge in [0.15, 0.2) is 0 Å². The Hall–Kier alpha value is -0.140. The molecule has 0 saturated carbocycles. The van der Waals surface area contributed by atoms with Crippen LogP contribution >= 0.6 is 55.5 Å². The van der Waals surface area contributed by atoms with E-state index in [-0.39, 0.29) is 0 Å². The molecule has 0 aromatic heterocycles. The smallest absolute Gasteiger partial charge is 0.251 e. The first-order valence-corrected chi connectivity index (χ1v) is 11.5. The summed E-state index contributed by atoms with van der Waals surface area (Å²) in [6, 6.07) is 17.2. The first kappa shape index (κ1) is 17.7. The quantitative estimate of drug-likeness (QED) is 0.469. The molecule has 1 aliphatic rings. The van der Waals surface area contributed by atoms with Crippen molar-refractivity contribution in [1.82, 2.24) is 0 Å². The van der Waals surface area contributed by atoms with Crippen molar-refractivity contribution in [2.45, 2.75) is 9.79 Å². The molecule has 23 heavy (non-hydrogen) atoms. The largest absolute Gasteiger partial charge is 0.409 e. The van der Waals surface area contributed by atoms with Crippen LogP contribution in [0.3, 0.4) is 0 Å². The van der Waals surface area contributed by atoms with Crippen LogP contribution in [0.25, 0.3) is 3.58 Å².